The number of fused-ring (bicyclic) bond motifs is 3. The van der Waals surface area contributed by atoms with E-state index in [1.807, 2.05) is 0 Å². The molecular weight excluding hydrogens is 303 g/mol. The summed E-state index contributed by atoms with van der Waals surface area (Å²) >= 11 is 0. The van der Waals surface area contributed by atoms with Crippen LogP contribution >= 0.6 is 0 Å². The number of hydrogen-bond donors (Lipinski definition) is 2. The monoisotopic (exact) mass is 322 g/mol. The Kier molecular flexibility index (Phi) is 4.34. The van der Waals surface area contributed by atoms with Gasteiger partial charge in [-0.3, -0.25) is 10.1 Å². The Labute approximate surface area is 132 Å². The van der Waals surface area contributed by atoms with Gasteiger partial charge in [-0.15, -0.1) is 0 Å². The van der Waals surface area contributed by atoms with Gasteiger partial charge in [0.2, 0.25) is 0 Å². The molecule has 2 heterocycles. The van der Waals surface area contributed by atoms with Crippen LogP contribution in [0, 0.1) is 5.82 Å². The van der Waals surface area contributed by atoms with E-state index >= 15 is 0 Å². The van der Waals surface area contributed by atoms with Gasteiger partial charge in [0.05, 0.1) is 13.2 Å². The average Bonchev–Trinajstić information content (AvgIpc) is 2.93. The van der Waals surface area contributed by atoms with E-state index in [1.165, 1.54) is 33.5 Å². The normalized spacial score (nSPS) is 20.7. The molecule has 2 atom stereocenters. The van der Waals surface area contributed by atoms with Crippen molar-refractivity contribution in [1.29, 1.82) is 0 Å². The number of carbonyl (C=O) groups is 1. The molecule has 0 bridgehead atoms. The highest BCUT2D eigenvalue weighted by molar-refractivity contribution is 5.87. The van der Waals surface area contributed by atoms with Crippen LogP contribution in [0.5, 0.6) is 0 Å². The molecule has 2 N–H and O–H groups in total. The SMILES string of the molecule is COC(=O)C1Cc2c([nH]c3ccc(F)cc23)C(C(OC)OC)N1. The van der Waals surface area contributed by atoms with E-state index in [9.17, 15) is 9.18 Å². The Balaban J connectivity index is 2.13. The van der Waals surface area contributed by atoms with Crippen LogP contribution in [-0.2, 0) is 25.4 Å². The number of ether oxygens (including phenoxy) is 3. The fourth-order valence-electron chi connectivity index (χ4n) is 3.17. The van der Waals surface area contributed by atoms with E-state index in [-0.39, 0.29) is 11.8 Å². The highest BCUT2D eigenvalue weighted by atomic mass is 19.1. The maximum absolute atomic E-state index is 13.6. The molecule has 1 aliphatic heterocycles. The van der Waals surface area contributed by atoms with Crippen molar-refractivity contribution >= 4 is 16.9 Å². The molecule has 0 saturated heterocycles. The minimum absolute atomic E-state index is 0.320. The minimum atomic E-state index is -0.598. The molecule has 23 heavy (non-hydrogen) atoms. The number of benzene rings is 1. The number of esters is 1. The average molecular weight is 322 g/mol. The summed E-state index contributed by atoms with van der Waals surface area (Å²) in [5, 5.41) is 3.94. The van der Waals surface area contributed by atoms with Crippen LogP contribution in [0.2, 0.25) is 0 Å². The van der Waals surface area contributed by atoms with Crippen molar-refractivity contribution < 1.29 is 23.4 Å². The van der Waals surface area contributed by atoms with Gasteiger partial charge in [-0.05, 0) is 23.8 Å². The molecule has 0 amide bonds. The summed E-state index contributed by atoms with van der Waals surface area (Å²) < 4.78 is 29.2. The topological polar surface area (TPSA) is 72.6 Å². The molecular formula is C16H19FN2O4. The van der Waals surface area contributed by atoms with Crippen LogP contribution in [0.15, 0.2) is 18.2 Å². The first-order chi connectivity index (χ1) is 11.1. The first kappa shape index (κ1) is 15.9. The molecule has 7 heteroatoms. The summed E-state index contributed by atoms with van der Waals surface area (Å²) in [5.74, 6) is -0.698. The molecule has 0 saturated carbocycles. The predicted octanol–water partition coefficient (Wildman–Crippen LogP) is 1.65. The molecule has 2 unspecified atom stereocenters. The van der Waals surface area contributed by atoms with E-state index in [1.54, 1.807) is 6.07 Å². The van der Waals surface area contributed by atoms with Crippen molar-refractivity contribution in [3.63, 3.8) is 0 Å². The van der Waals surface area contributed by atoms with Crippen molar-refractivity contribution in [3.8, 4) is 0 Å². The van der Waals surface area contributed by atoms with Crippen molar-refractivity contribution in [2.75, 3.05) is 21.3 Å². The van der Waals surface area contributed by atoms with Crippen molar-refractivity contribution in [2.45, 2.75) is 24.8 Å². The van der Waals surface area contributed by atoms with Gasteiger partial charge in [0.15, 0.2) is 6.29 Å². The van der Waals surface area contributed by atoms with Crippen LogP contribution in [0.25, 0.3) is 10.9 Å². The lowest BCUT2D eigenvalue weighted by Gasteiger charge is -2.33. The van der Waals surface area contributed by atoms with Gasteiger partial charge in [-0.25, -0.2) is 4.39 Å². The fraction of sp³-hybridized carbons (Fsp3) is 0.438. The summed E-state index contributed by atoms with van der Waals surface area (Å²) in [6.07, 6.45) is -0.193. The zero-order valence-electron chi connectivity index (χ0n) is 13.2. The maximum Gasteiger partial charge on any atom is 0.323 e. The second-order valence-electron chi connectivity index (χ2n) is 5.47. The highest BCUT2D eigenvalue weighted by Gasteiger charge is 2.38. The molecule has 1 aromatic carbocycles. The number of halogens is 1. The zero-order chi connectivity index (χ0) is 16.6. The number of nitrogens with one attached hydrogen (secondary N) is 2. The molecule has 0 radical (unpaired) electrons. The summed E-state index contributed by atoms with van der Waals surface area (Å²) in [4.78, 5) is 15.3. The standard InChI is InChI=1S/C16H19FN2O4/c1-21-15(20)12-7-10-9-6-8(17)4-5-11(9)18-13(10)14(19-12)16(22-2)23-3/h4-6,12,14,16,18-19H,7H2,1-3H3. The van der Waals surface area contributed by atoms with Crippen molar-refractivity contribution in [1.82, 2.24) is 10.3 Å². The molecule has 2 aromatic rings. The summed E-state index contributed by atoms with van der Waals surface area (Å²) in [7, 11) is 4.40. The molecule has 1 aliphatic rings. The van der Waals surface area contributed by atoms with Gasteiger partial charge >= 0.3 is 5.97 Å². The molecule has 0 fully saturated rings. The van der Waals surface area contributed by atoms with E-state index in [2.05, 4.69) is 10.3 Å². The van der Waals surface area contributed by atoms with Gasteiger partial charge in [0.25, 0.3) is 0 Å². The number of rotatable bonds is 4. The van der Waals surface area contributed by atoms with Crippen LogP contribution in [-0.4, -0.2) is 44.6 Å². The van der Waals surface area contributed by atoms with Gasteiger partial charge < -0.3 is 19.2 Å². The molecule has 0 aliphatic carbocycles. The Hall–Kier alpha value is -1.96. The van der Waals surface area contributed by atoms with Gasteiger partial charge in [0, 0.05) is 37.2 Å². The Morgan fingerprint density at radius 1 is 1.30 bits per heavy atom. The van der Waals surface area contributed by atoms with Crippen LogP contribution in [0.4, 0.5) is 4.39 Å². The fourth-order valence-corrected chi connectivity index (χ4v) is 3.17. The quantitative estimate of drug-likeness (QED) is 0.661. The number of aromatic nitrogens is 1. The number of H-pyrrole nitrogens is 1. The molecule has 0 spiro atoms. The second-order valence-corrected chi connectivity index (χ2v) is 5.47. The first-order valence-corrected chi connectivity index (χ1v) is 7.28. The highest BCUT2D eigenvalue weighted by Crippen LogP contribution is 2.34. The lowest BCUT2D eigenvalue weighted by atomic mass is 9.93. The van der Waals surface area contributed by atoms with Gasteiger partial charge in [-0.2, -0.15) is 0 Å². The third-order valence-electron chi connectivity index (χ3n) is 4.22. The Morgan fingerprint density at radius 3 is 2.70 bits per heavy atom. The Morgan fingerprint density at radius 2 is 2.04 bits per heavy atom. The second kappa shape index (κ2) is 6.27. The van der Waals surface area contributed by atoms with Crippen LogP contribution in [0.3, 0.4) is 0 Å². The van der Waals surface area contributed by atoms with Crippen molar-refractivity contribution in [3.05, 3.63) is 35.3 Å². The van der Waals surface area contributed by atoms with E-state index < -0.39 is 18.4 Å². The van der Waals surface area contributed by atoms with E-state index in [0.29, 0.717) is 6.42 Å². The molecule has 3 rings (SSSR count). The third-order valence-corrected chi connectivity index (χ3v) is 4.22. The molecule has 6 nitrogen and oxygen atoms in total. The van der Waals surface area contributed by atoms with Crippen LogP contribution < -0.4 is 5.32 Å². The first-order valence-electron chi connectivity index (χ1n) is 7.28. The zero-order valence-corrected chi connectivity index (χ0v) is 13.2. The molecule has 1 aromatic heterocycles. The number of methoxy groups -OCH3 is 3. The summed E-state index contributed by atoms with van der Waals surface area (Å²) in [5.41, 5.74) is 2.51. The number of carbonyl (C=O) groups excluding carboxylic acids is 1. The third kappa shape index (κ3) is 2.71. The van der Waals surface area contributed by atoms with Gasteiger partial charge in [0.1, 0.15) is 11.9 Å². The largest absolute Gasteiger partial charge is 0.468 e. The van der Waals surface area contributed by atoms with E-state index in [0.717, 1.165) is 22.2 Å². The van der Waals surface area contributed by atoms with Crippen molar-refractivity contribution in [2.24, 2.45) is 0 Å². The molecule has 124 valence electrons. The van der Waals surface area contributed by atoms with Gasteiger partial charge in [-0.1, -0.05) is 0 Å². The van der Waals surface area contributed by atoms with Crippen LogP contribution in [0.1, 0.15) is 17.3 Å². The minimum Gasteiger partial charge on any atom is -0.468 e. The van der Waals surface area contributed by atoms with E-state index in [4.69, 9.17) is 14.2 Å². The predicted molar refractivity (Wildman–Crippen MR) is 81.4 cm³/mol. The maximum atomic E-state index is 13.6. The lowest BCUT2D eigenvalue weighted by molar-refractivity contribution is -0.148. The Bertz CT molecular complexity index is 726. The number of aromatic amines is 1. The summed E-state index contributed by atoms with van der Waals surface area (Å²) in [6, 6.07) is 3.60. The summed E-state index contributed by atoms with van der Waals surface area (Å²) in [6.45, 7) is 0. The lowest BCUT2D eigenvalue weighted by Crippen LogP contribution is -2.49. The number of hydrogen-bond acceptors (Lipinski definition) is 5. The smallest absolute Gasteiger partial charge is 0.323 e.